The topological polar surface area (TPSA) is 9.23 Å². The third-order valence-electron chi connectivity index (χ3n) is 3.04. The number of hydrogen-bond acceptors (Lipinski definition) is 1. The maximum atomic E-state index is 6.45. The molecule has 0 radical (unpaired) electrons. The number of halogens is 1. The van der Waals surface area contributed by atoms with E-state index in [2.05, 4.69) is 38.1 Å². The summed E-state index contributed by atoms with van der Waals surface area (Å²) in [7, 11) is 0. The van der Waals surface area contributed by atoms with Crippen LogP contribution in [0.3, 0.4) is 0 Å². The van der Waals surface area contributed by atoms with Crippen molar-refractivity contribution in [1.29, 1.82) is 0 Å². The van der Waals surface area contributed by atoms with E-state index in [9.17, 15) is 0 Å². The van der Waals surface area contributed by atoms with Crippen LogP contribution < -0.4 is 0 Å². The minimum atomic E-state index is 0.0931. The van der Waals surface area contributed by atoms with Crippen molar-refractivity contribution in [3.63, 3.8) is 0 Å². The second kappa shape index (κ2) is 4.54. The van der Waals surface area contributed by atoms with Crippen LogP contribution in [0.5, 0.6) is 0 Å². The second-order valence-corrected chi connectivity index (χ2v) is 4.92. The summed E-state index contributed by atoms with van der Waals surface area (Å²) in [6.07, 6.45) is 1.43. The van der Waals surface area contributed by atoms with Crippen LogP contribution in [0.4, 0.5) is 0 Å². The average molecular weight is 225 g/mol. The molecule has 1 aromatic carbocycles. The minimum absolute atomic E-state index is 0.0931. The molecule has 0 saturated carbocycles. The molecule has 0 spiro atoms. The average Bonchev–Trinajstić information content (AvgIpc) is 2.65. The second-order valence-electron chi connectivity index (χ2n) is 4.45. The number of alkyl halides is 1. The van der Waals surface area contributed by atoms with Gasteiger partial charge >= 0.3 is 0 Å². The van der Waals surface area contributed by atoms with Crippen LogP contribution in [0.2, 0.25) is 0 Å². The third kappa shape index (κ3) is 2.53. The van der Waals surface area contributed by atoms with Gasteiger partial charge in [-0.25, -0.2) is 0 Å². The van der Waals surface area contributed by atoms with E-state index in [1.807, 2.05) is 0 Å². The van der Waals surface area contributed by atoms with Crippen LogP contribution in [0.1, 0.15) is 29.8 Å². The lowest BCUT2D eigenvalue weighted by Gasteiger charge is -2.15. The Morgan fingerprint density at radius 3 is 2.53 bits per heavy atom. The smallest absolute Gasteiger partial charge is 0.0636 e. The molecule has 1 saturated heterocycles. The van der Waals surface area contributed by atoms with Gasteiger partial charge in [0.15, 0.2) is 0 Å². The van der Waals surface area contributed by atoms with Crippen LogP contribution in [0.15, 0.2) is 24.3 Å². The maximum absolute atomic E-state index is 6.45. The van der Waals surface area contributed by atoms with Gasteiger partial charge in [-0.05, 0) is 25.8 Å². The molecular formula is C13H17ClO. The first-order valence-electron chi connectivity index (χ1n) is 5.49. The summed E-state index contributed by atoms with van der Waals surface area (Å²) in [6, 6.07) is 8.47. The van der Waals surface area contributed by atoms with Crippen molar-refractivity contribution in [2.45, 2.75) is 31.7 Å². The van der Waals surface area contributed by atoms with E-state index in [-0.39, 0.29) is 5.38 Å². The van der Waals surface area contributed by atoms with Gasteiger partial charge in [0.1, 0.15) is 0 Å². The molecule has 1 aromatic rings. The van der Waals surface area contributed by atoms with Crippen LogP contribution in [-0.2, 0) is 4.74 Å². The predicted molar refractivity (Wildman–Crippen MR) is 63.3 cm³/mol. The first kappa shape index (κ1) is 11.0. The highest BCUT2D eigenvalue weighted by Crippen LogP contribution is 2.36. The van der Waals surface area contributed by atoms with Gasteiger partial charge in [0, 0.05) is 5.92 Å². The van der Waals surface area contributed by atoms with E-state index in [1.165, 1.54) is 11.1 Å². The quantitative estimate of drug-likeness (QED) is 0.696. The number of benzene rings is 1. The molecule has 2 heteroatoms. The standard InChI is InChI=1S/C13H17ClO/c1-9-3-5-11(6-4-9)13(14)12-7-10(2)15-8-12/h3-6,10,12-13H,7-8H2,1-2H3. The molecule has 0 aromatic heterocycles. The fraction of sp³-hybridized carbons (Fsp3) is 0.538. The van der Waals surface area contributed by atoms with Gasteiger partial charge in [0.2, 0.25) is 0 Å². The highest BCUT2D eigenvalue weighted by molar-refractivity contribution is 6.21. The van der Waals surface area contributed by atoms with Gasteiger partial charge in [-0.1, -0.05) is 29.8 Å². The Morgan fingerprint density at radius 2 is 2.00 bits per heavy atom. The molecule has 3 atom stereocenters. The van der Waals surface area contributed by atoms with Gasteiger partial charge in [0.25, 0.3) is 0 Å². The van der Waals surface area contributed by atoms with E-state index < -0.39 is 0 Å². The molecule has 3 unspecified atom stereocenters. The van der Waals surface area contributed by atoms with Gasteiger partial charge < -0.3 is 4.74 Å². The fourth-order valence-corrected chi connectivity index (χ4v) is 2.40. The highest BCUT2D eigenvalue weighted by atomic mass is 35.5. The van der Waals surface area contributed by atoms with E-state index in [4.69, 9.17) is 16.3 Å². The molecule has 2 rings (SSSR count). The molecule has 1 nitrogen and oxygen atoms in total. The molecule has 1 fully saturated rings. The summed E-state index contributed by atoms with van der Waals surface area (Å²) in [5.41, 5.74) is 2.49. The Hall–Kier alpha value is -0.530. The zero-order chi connectivity index (χ0) is 10.8. The lowest BCUT2D eigenvalue weighted by molar-refractivity contribution is 0.120. The Kier molecular flexibility index (Phi) is 3.32. The summed E-state index contributed by atoms with van der Waals surface area (Å²) in [5, 5.41) is 0.0931. The lowest BCUT2D eigenvalue weighted by atomic mass is 9.96. The summed E-state index contributed by atoms with van der Waals surface area (Å²) in [6.45, 7) is 5.00. The zero-order valence-corrected chi connectivity index (χ0v) is 10.00. The summed E-state index contributed by atoms with van der Waals surface area (Å²) >= 11 is 6.45. The molecule has 0 aliphatic carbocycles. The number of rotatable bonds is 2. The molecule has 1 aliphatic rings. The first-order chi connectivity index (χ1) is 7.16. The van der Waals surface area contributed by atoms with E-state index in [1.54, 1.807) is 0 Å². The van der Waals surface area contributed by atoms with E-state index in [0.717, 1.165) is 13.0 Å². The Labute approximate surface area is 96.4 Å². The summed E-state index contributed by atoms with van der Waals surface area (Å²) < 4.78 is 5.55. The Balaban J connectivity index is 2.07. The van der Waals surface area contributed by atoms with E-state index >= 15 is 0 Å². The van der Waals surface area contributed by atoms with E-state index in [0.29, 0.717) is 12.0 Å². The van der Waals surface area contributed by atoms with Crippen LogP contribution in [0.25, 0.3) is 0 Å². The minimum Gasteiger partial charge on any atom is -0.378 e. The molecule has 15 heavy (non-hydrogen) atoms. The monoisotopic (exact) mass is 224 g/mol. The Morgan fingerprint density at radius 1 is 1.33 bits per heavy atom. The van der Waals surface area contributed by atoms with Crippen molar-refractivity contribution < 1.29 is 4.74 Å². The molecular weight excluding hydrogens is 208 g/mol. The van der Waals surface area contributed by atoms with Crippen molar-refractivity contribution in [2.24, 2.45) is 5.92 Å². The summed E-state index contributed by atoms with van der Waals surface area (Å²) in [5.74, 6) is 0.462. The molecule has 0 N–H and O–H groups in total. The van der Waals surface area contributed by atoms with Gasteiger partial charge in [-0.2, -0.15) is 0 Å². The highest BCUT2D eigenvalue weighted by Gasteiger charge is 2.29. The van der Waals surface area contributed by atoms with Crippen molar-refractivity contribution >= 4 is 11.6 Å². The normalized spacial score (nSPS) is 27.9. The number of ether oxygens (including phenoxy) is 1. The summed E-state index contributed by atoms with van der Waals surface area (Å²) in [4.78, 5) is 0. The molecule has 82 valence electrons. The first-order valence-corrected chi connectivity index (χ1v) is 5.92. The third-order valence-corrected chi connectivity index (χ3v) is 3.65. The molecule has 0 bridgehead atoms. The van der Waals surface area contributed by atoms with Crippen molar-refractivity contribution in [1.82, 2.24) is 0 Å². The lowest BCUT2D eigenvalue weighted by Crippen LogP contribution is -2.07. The molecule has 1 aliphatic heterocycles. The Bertz CT molecular complexity index is 320. The number of aryl methyl sites for hydroxylation is 1. The van der Waals surface area contributed by atoms with Crippen molar-refractivity contribution in [3.05, 3.63) is 35.4 Å². The largest absolute Gasteiger partial charge is 0.378 e. The van der Waals surface area contributed by atoms with Crippen molar-refractivity contribution in [3.8, 4) is 0 Å². The van der Waals surface area contributed by atoms with Crippen LogP contribution in [0, 0.1) is 12.8 Å². The fourth-order valence-electron chi connectivity index (χ4n) is 2.08. The predicted octanol–water partition coefficient (Wildman–Crippen LogP) is 3.70. The number of hydrogen-bond donors (Lipinski definition) is 0. The molecule has 1 heterocycles. The molecule has 0 amide bonds. The van der Waals surface area contributed by atoms with Gasteiger partial charge in [-0.15, -0.1) is 11.6 Å². The SMILES string of the molecule is Cc1ccc(C(Cl)C2COC(C)C2)cc1. The van der Waals surface area contributed by atoms with Crippen LogP contribution >= 0.6 is 11.6 Å². The van der Waals surface area contributed by atoms with Gasteiger partial charge in [-0.3, -0.25) is 0 Å². The maximum Gasteiger partial charge on any atom is 0.0636 e. The van der Waals surface area contributed by atoms with Crippen molar-refractivity contribution in [2.75, 3.05) is 6.61 Å². The van der Waals surface area contributed by atoms with Crippen LogP contribution in [-0.4, -0.2) is 12.7 Å². The van der Waals surface area contributed by atoms with Gasteiger partial charge in [0.05, 0.1) is 18.1 Å². The zero-order valence-electron chi connectivity index (χ0n) is 9.24.